The Labute approximate surface area is 112 Å². The van der Waals surface area contributed by atoms with E-state index < -0.39 is 5.91 Å². The molecule has 0 aliphatic heterocycles. The van der Waals surface area contributed by atoms with Crippen LogP contribution in [0.25, 0.3) is 6.08 Å². The SMILES string of the molecule is CN(C)c1ccc(C=C(C#N)C(=O)NCCO)cc1. The highest BCUT2D eigenvalue weighted by molar-refractivity contribution is 6.01. The predicted molar refractivity (Wildman–Crippen MR) is 74.5 cm³/mol. The quantitative estimate of drug-likeness (QED) is 0.605. The second-order valence-electron chi connectivity index (χ2n) is 4.14. The molecule has 1 aromatic rings. The van der Waals surface area contributed by atoms with E-state index in [4.69, 9.17) is 10.4 Å². The number of nitrogens with zero attached hydrogens (tertiary/aromatic N) is 2. The number of benzene rings is 1. The maximum absolute atomic E-state index is 11.6. The number of nitriles is 1. The van der Waals surface area contributed by atoms with Gasteiger partial charge in [-0.05, 0) is 23.8 Å². The van der Waals surface area contributed by atoms with Gasteiger partial charge in [0.15, 0.2) is 0 Å². The van der Waals surface area contributed by atoms with E-state index in [-0.39, 0.29) is 18.7 Å². The normalized spacial score (nSPS) is 10.7. The van der Waals surface area contributed by atoms with Crippen LogP contribution in [-0.2, 0) is 4.79 Å². The fourth-order valence-electron chi connectivity index (χ4n) is 1.45. The largest absolute Gasteiger partial charge is 0.395 e. The van der Waals surface area contributed by atoms with Gasteiger partial charge < -0.3 is 15.3 Å². The number of amides is 1. The van der Waals surface area contributed by atoms with Crippen molar-refractivity contribution in [2.75, 3.05) is 32.1 Å². The van der Waals surface area contributed by atoms with E-state index in [1.54, 1.807) is 0 Å². The molecule has 0 atom stereocenters. The molecule has 5 heteroatoms. The first-order valence-corrected chi connectivity index (χ1v) is 5.86. The van der Waals surface area contributed by atoms with Crippen molar-refractivity contribution in [2.24, 2.45) is 0 Å². The summed E-state index contributed by atoms with van der Waals surface area (Å²) in [5.74, 6) is -0.478. The lowest BCUT2D eigenvalue weighted by Crippen LogP contribution is -2.27. The summed E-state index contributed by atoms with van der Waals surface area (Å²) in [6.07, 6.45) is 1.52. The number of nitrogens with one attached hydrogen (secondary N) is 1. The van der Waals surface area contributed by atoms with Crippen LogP contribution in [0.2, 0.25) is 0 Å². The van der Waals surface area contributed by atoms with E-state index in [2.05, 4.69) is 5.32 Å². The van der Waals surface area contributed by atoms with Crippen LogP contribution in [0.5, 0.6) is 0 Å². The lowest BCUT2D eigenvalue weighted by atomic mass is 10.1. The van der Waals surface area contributed by atoms with Crippen LogP contribution in [-0.4, -0.2) is 38.3 Å². The third kappa shape index (κ3) is 4.45. The van der Waals surface area contributed by atoms with Gasteiger partial charge in [0.25, 0.3) is 5.91 Å². The average molecular weight is 259 g/mol. The number of hydrogen-bond acceptors (Lipinski definition) is 4. The van der Waals surface area contributed by atoms with Crippen molar-refractivity contribution in [3.05, 3.63) is 35.4 Å². The van der Waals surface area contributed by atoms with Gasteiger partial charge in [0, 0.05) is 26.3 Å². The zero-order valence-electron chi connectivity index (χ0n) is 11.1. The minimum Gasteiger partial charge on any atom is -0.395 e. The van der Waals surface area contributed by atoms with Crippen LogP contribution < -0.4 is 10.2 Å². The maximum atomic E-state index is 11.6. The number of aliphatic hydroxyl groups excluding tert-OH is 1. The van der Waals surface area contributed by atoms with E-state index in [0.717, 1.165) is 11.3 Å². The average Bonchev–Trinajstić information content (AvgIpc) is 2.42. The van der Waals surface area contributed by atoms with Crippen LogP contribution in [0.1, 0.15) is 5.56 Å². The van der Waals surface area contributed by atoms with E-state index in [0.29, 0.717) is 0 Å². The van der Waals surface area contributed by atoms with Crippen molar-refractivity contribution in [2.45, 2.75) is 0 Å². The second kappa shape index (κ2) is 7.19. The molecule has 2 N–H and O–H groups in total. The molecule has 0 unspecified atom stereocenters. The van der Waals surface area contributed by atoms with Gasteiger partial charge >= 0.3 is 0 Å². The molecule has 1 rings (SSSR count). The molecule has 0 radical (unpaired) electrons. The summed E-state index contributed by atoms with van der Waals surface area (Å²) >= 11 is 0. The summed E-state index contributed by atoms with van der Waals surface area (Å²) in [6, 6.07) is 9.35. The van der Waals surface area contributed by atoms with Crippen molar-refractivity contribution < 1.29 is 9.90 Å². The van der Waals surface area contributed by atoms with Crippen molar-refractivity contribution in [3.63, 3.8) is 0 Å². The van der Waals surface area contributed by atoms with E-state index in [9.17, 15) is 4.79 Å². The molecule has 1 aromatic carbocycles. The van der Waals surface area contributed by atoms with Crippen LogP contribution >= 0.6 is 0 Å². The first-order chi connectivity index (χ1) is 9.08. The van der Waals surface area contributed by atoms with Crippen molar-refractivity contribution >= 4 is 17.7 Å². The Morgan fingerprint density at radius 3 is 2.53 bits per heavy atom. The molecule has 0 spiro atoms. The molecule has 5 nitrogen and oxygen atoms in total. The molecule has 0 saturated heterocycles. The van der Waals surface area contributed by atoms with E-state index in [1.165, 1.54) is 6.08 Å². The Kier molecular flexibility index (Phi) is 5.58. The molecular formula is C14H17N3O2. The molecule has 0 aliphatic rings. The number of rotatable bonds is 5. The Morgan fingerprint density at radius 1 is 1.42 bits per heavy atom. The van der Waals surface area contributed by atoms with Gasteiger partial charge in [0.1, 0.15) is 11.6 Å². The Balaban J connectivity index is 2.86. The first kappa shape index (κ1) is 14.7. The molecule has 0 bridgehead atoms. The summed E-state index contributed by atoms with van der Waals surface area (Å²) in [5, 5.41) is 20.0. The highest BCUT2D eigenvalue weighted by Crippen LogP contribution is 2.14. The fourth-order valence-corrected chi connectivity index (χ4v) is 1.45. The van der Waals surface area contributed by atoms with Gasteiger partial charge in [-0.3, -0.25) is 4.79 Å². The van der Waals surface area contributed by atoms with Gasteiger partial charge in [-0.1, -0.05) is 12.1 Å². The van der Waals surface area contributed by atoms with Crippen LogP contribution in [0.4, 0.5) is 5.69 Å². The fraction of sp³-hybridized carbons (Fsp3) is 0.286. The number of anilines is 1. The predicted octanol–water partition coefficient (Wildman–Crippen LogP) is 0.768. The lowest BCUT2D eigenvalue weighted by molar-refractivity contribution is -0.117. The van der Waals surface area contributed by atoms with Crippen LogP contribution in [0.15, 0.2) is 29.8 Å². The third-order valence-corrected chi connectivity index (χ3v) is 2.48. The van der Waals surface area contributed by atoms with Gasteiger partial charge in [-0.2, -0.15) is 5.26 Å². The topological polar surface area (TPSA) is 76.4 Å². The minimum absolute atomic E-state index is 0.0195. The molecule has 0 heterocycles. The number of hydrogen-bond donors (Lipinski definition) is 2. The summed E-state index contributed by atoms with van der Waals surface area (Å²) in [4.78, 5) is 13.6. The summed E-state index contributed by atoms with van der Waals surface area (Å²) in [6.45, 7) is -0.0145. The highest BCUT2D eigenvalue weighted by Gasteiger charge is 2.07. The van der Waals surface area contributed by atoms with Gasteiger partial charge in [-0.25, -0.2) is 0 Å². The standard InChI is InChI=1S/C14H17N3O2/c1-17(2)13-5-3-11(4-6-13)9-12(10-15)14(19)16-7-8-18/h3-6,9,18H,7-8H2,1-2H3,(H,16,19). The summed E-state index contributed by atoms with van der Waals surface area (Å²) < 4.78 is 0. The highest BCUT2D eigenvalue weighted by atomic mass is 16.3. The summed E-state index contributed by atoms with van der Waals surface area (Å²) in [7, 11) is 3.88. The third-order valence-electron chi connectivity index (χ3n) is 2.48. The van der Waals surface area contributed by atoms with E-state index in [1.807, 2.05) is 49.3 Å². The van der Waals surface area contributed by atoms with Gasteiger partial charge in [0.2, 0.25) is 0 Å². The number of aliphatic hydroxyl groups is 1. The van der Waals surface area contributed by atoms with Gasteiger partial charge in [-0.15, -0.1) is 0 Å². The zero-order valence-corrected chi connectivity index (χ0v) is 11.1. The van der Waals surface area contributed by atoms with Crippen LogP contribution in [0.3, 0.4) is 0 Å². The first-order valence-electron chi connectivity index (χ1n) is 5.86. The number of carbonyl (C=O) groups is 1. The monoisotopic (exact) mass is 259 g/mol. The molecule has 0 saturated carbocycles. The molecule has 0 fully saturated rings. The van der Waals surface area contributed by atoms with Crippen molar-refractivity contribution in [1.82, 2.24) is 5.32 Å². The van der Waals surface area contributed by atoms with Crippen molar-refractivity contribution in [3.8, 4) is 6.07 Å². The minimum atomic E-state index is -0.478. The van der Waals surface area contributed by atoms with Crippen LogP contribution in [0, 0.1) is 11.3 Å². The summed E-state index contributed by atoms with van der Waals surface area (Å²) in [5.41, 5.74) is 1.84. The maximum Gasteiger partial charge on any atom is 0.262 e. The molecular weight excluding hydrogens is 242 g/mol. The Hall–Kier alpha value is -2.32. The molecule has 19 heavy (non-hydrogen) atoms. The number of carbonyl (C=O) groups excluding carboxylic acids is 1. The molecule has 0 aromatic heterocycles. The molecule has 1 amide bonds. The Morgan fingerprint density at radius 2 is 2.05 bits per heavy atom. The second-order valence-corrected chi connectivity index (χ2v) is 4.14. The van der Waals surface area contributed by atoms with E-state index >= 15 is 0 Å². The lowest BCUT2D eigenvalue weighted by Gasteiger charge is -2.11. The van der Waals surface area contributed by atoms with Crippen molar-refractivity contribution in [1.29, 1.82) is 5.26 Å². The molecule has 100 valence electrons. The Bertz CT molecular complexity index is 498. The zero-order chi connectivity index (χ0) is 14.3. The molecule has 0 aliphatic carbocycles. The smallest absolute Gasteiger partial charge is 0.262 e. The van der Waals surface area contributed by atoms with Gasteiger partial charge in [0.05, 0.1) is 6.61 Å².